The van der Waals surface area contributed by atoms with Gasteiger partial charge in [0.2, 0.25) is 5.91 Å². The molecule has 0 bridgehead atoms. The van der Waals surface area contributed by atoms with Crippen LogP contribution in [-0.4, -0.2) is 40.0 Å². The molecule has 2 amide bonds. The summed E-state index contributed by atoms with van der Waals surface area (Å²) in [6.07, 6.45) is 0.425. The number of hydrogen-bond donors (Lipinski definition) is 1. The Labute approximate surface area is 153 Å². The first-order chi connectivity index (χ1) is 12.6. The molecule has 0 unspecified atom stereocenters. The fourth-order valence-electron chi connectivity index (χ4n) is 3.39. The molecule has 1 heterocycles. The molecular formula is C21H24N2O3. The van der Waals surface area contributed by atoms with Gasteiger partial charge in [0.05, 0.1) is 0 Å². The highest BCUT2D eigenvalue weighted by Crippen LogP contribution is 2.24. The lowest BCUT2D eigenvalue weighted by Gasteiger charge is -2.21. The monoisotopic (exact) mass is 352 g/mol. The summed E-state index contributed by atoms with van der Waals surface area (Å²) in [6.45, 7) is 2.09. The molecule has 1 N–H and O–H groups in total. The average Bonchev–Trinajstić information content (AvgIpc) is 3.00. The molecule has 1 aliphatic heterocycles. The topological polar surface area (TPSA) is 60.9 Å². The molecule has 3 rings (SSSR count). The van der Waals surface area contributed by atoms with Crippen LogP contribution >= 0.6 is 0 Å². The Kier molecular flexibility index (Phi) is 5.89. The summed E-state index contributed by atoms with van der Waals surface area (Å²) >= 11 is 0. The molecule has 0 saturated carbocycles. The molecule has 26 heavy (non-hydrogen) atoms. The normalized spacial score (nSPS) is 16.7. The van der Waals surface area contributed by atoms with E-state index in [1.54, 1.807) is 0 Å². The first-order valence-electron chi connectivity index (χ1n) is 8.98. The van der Waals surface area contributed by atoms with Gasteiger partial charge in [-0.05, 0) is 24.0 Å². The van der Waals surface area contributed by atoms with Crippen LogP contribution in [-0.2, 0) is 17.9 Å². The fourth-order valence-corrected chi connectivity index (χ4v) is 3.39. The Bertz CT molecular complexity index is 733. The fraction of sp³-hybridized carbons (Fsp3) is 0.333. The van der Waals surface area contributed by atoms with Crippen molar-refractivity contribution >= 4 is 12.0 Å². The maximum atomic E-state index is 12.6. The Morgan fingerprint density at radius 1 is 1.04 bits per heavy atom. The van der Waals surface area contributed by atoms with E-state index in [4.69, 9.17) is 0 Å². The van der Waals surface area contributed by atoms with Crippen molar-refractivity contribution in [1.29, 1.82) is 0 Å². The molecule has 0 aromatic heterocycles. The second-order valence-corrected chi connectivity index (χ2v) is 6.71. The molecule has 1 aliphatic rings. The second kappa shape index (κ2) is 8.52. The van der Waals surface area contributed by atoms with Crippen LogP contribution in [0, 0.1) is 5.92 Å². The zero-order valence-corrected chi connectivity index (χ0v) is 14.8. The van der Waals surface area contributed by atoms with Gasteiger partial charge in [-0.3, -0.25) is 4.79 Å². The lowest BCUT2D eigenvalue weighted by molar-refractivity contribution is -0.131. The predicted octanol–water partition coefficient (Wildman–Crippen LogP) is 3.61. The van der Waals surface area contributed by atoms with Crippen LogP contribution < -0.4 is 0 Å². The number of carboxylic acid groups (broad SMARTS) is 1. The SMILES string of the molecule is O=C(O)N(CC[C@@H]1CCN(Cc2ccccc2)C1=O)Cc1ccccc1. The van der Waals surface area contributed by atoms with E-state index in [9.17, 15) is 14.7 Å². The predicted molar refractivity (Wildman–Crippen MR) is 99.5 cm³/mol. The van der Waals surface area contributed by atoms with E-state index >= 15 is 0 Å². The van der Waals surface area contributed by atoms with Crippen molar-refractivity contribution in [2.24, 2.45) is 5.92 Å². The van der Waals surface area contributed by atoms with E-state index in [-0.39, 0.29) is 11.8 Å². The zero-order chi connectivity index (χ0) is 18.4. The summed E-state index contributed by atoms with van der Waals surface area (Å²) in [6, 6.07) is 19.5. The number of nitrogens with zero attached hydrogens (tertiary/aromatic N) is 2. The number of amides is 2. The van der Waals surface area contributed by atoms with Gasteiger partial charge >= 0.3 is 6.09 Å². The number of likely N-dealkylation sites (tertiary alicyclic amines) is 1. The van der Waals surface area contributed by atoms with E-state index in [1.165, 1.54) is 4.90 Å². The van der Waals surface area contributed by atoms with Gasteiger partial charge in [0.1, 0.15) is 0 Å². The van der Waals surface area contributed by atoms with Crippen molar-refractivity contribution < 1.29 is 14.7 Å². The highest BCUT2D eigenvalue weighted by atomic mass is 16.4. The van der Waals surface area contributed by atoms with E-state index in [2.05, 4.69) is 0 Å². The van der Waals surface area contributed by atoms with Gasteiger partial charge in [-0.15, -0.1) is 0 Å². The second-order valence-electron chi connectivity index (χ2n) is 6.71. The minimum atomic E-state index is -0.944. The van der Waals surface area contributed by atoms with Crippen molar-refractivity contribution in [3.63, 3.8) is 0 Å². The maximum Gasteiger partial charge on any atom is 0.407 e. The van der Waals surface area contributed by atoms with Gasteiger partial charge in [0, 0.05) is 32.1 Å². The van der Waals surface area contributed by atoms with E-state index in [1.807, 2.05) is 65.6 Å². The van der Waals surface area contributed by atoms with Gasteiger partial charge in [-0.25, -0.2) is 4.79 Å². The molecule has 5 heteroatoms. The van der Waals surface area contributed by atoms with Crippen molar-refractivity contribution in [3.05, 3.63) is 71.8 Å². The van der Waals surface area contributed by atoms with E-state index < -0.39 is 6.09 Å². The van der Waals surface area contributed by atoms with Gasteiger partial charge < -0.3 is 14.9 Å². The summed E-state index contributed by atoms with van der Waals surface area (Å²) in [7, 11) is 0. The van der Waals surface area contributed by atoms with Crippen LogP contribution in [0.25, 0.3) is 0 Å². The Morgan fingerprint density at radius 3 is 2.27 bits per heavy atom. The lowest BCUT2D eigenvalue weighted by atomic mass is 10.0. The average molecular weight is 352 g/mol. The molecule has 136 valence electrons. The van der Waals surface area contributed by atoms with Crippen molar-refractivity contribution in [2.45, 2.75) is 25.9 Å². The van der Waals surface area contributed by atoms with Crippen molar-refractivity contribution in [1.82, 2.24) is 9.80 Å². The Morgan fingerprint density at radius 2 is 1.65 bits per heavy atom. The molecule has 2 aromatic rings. The number of benzene rings is 2. The minimum Gasteiger partial charge on any atom is -0.465 e. The van der Waals surface area contributed by atoms with Crippen LogP contribution in [0.4, 0.5) is 4.79 Å². The van der Waals surface area contributed by atoms with Crippen LogP contribution in [0.15, 0.2) is 60.7 Å². The first-order valence-corrected chi connectivity index (χ1v) is 8.98. The molecule has 0 spiro atoms. The molecule has 5 nitrogen and oxygen atoms in total. The quantitative estimate of drug-likeness (QED) is 0.828. The molecule has 1 saturated heterocycles. The molecule has 0 aliphatic carbocycles. The zero-order valence-electron chi connectivity index (χ0n) is 14.8. The highest BCUT2D eigenvalue weighted by molar-refractivity contribution is 5.80. The summed E-state index contributed by atoms with van der Waals surface area (Å²) in [5.74, 6) is 0.0511. The van der Waals surface area contributed by atoms with E-state index in [0.717, 1.165) is 24.1 Å². The number of carbonyl (C=O) groups is 2. The summed E-state index contributed by atoms with van der Waals surface area (Å²) in [5.41, 5.74) is 2.08. The third-order valence-corrected chi connectivity index (χ3v) is 4.86. The lowest BCUT2D eigenvalue weighted by Crippen LogP contribution is -2.33. The van der Waals surface area contributed by atoms with Crippen LogP contribution in [0.5, 0.6) is 0 Å². The minimum absolute atomic E-state index is 0.0867. The van der Waals surface area contributed by atoms with Gasteiger partial charge in [0.15, 0.2) is 0 Å². The molecule has 2 aromatic carbocycles. The largest absolute Gasteiger partial charge is 0.465 e. The summed E-state index contributed by atoms with van der Waals surface area (Å²) in [5, 5.41) is 9.45. The third-order valence-electron chi connectivity index (χ3n) is 4.86. The van der Waals surface area contributed by atoms with Crippen molar-refractivity contribution in [3.8, 4) is 0 Å². The summed E-state index contributed by atoms with van der Waals surface area (Å²) in [4.78, 5) is 27.4. The molecule has 0 radical (unpaired) electrons. The number of rotatable bonds is 7. The molecular weight excluding hydrogens is 328 g/mol. The van der Waals surface area contributed by atoms with Crippen LogP contribution in [0.3, 0.4) is 0 Å². The van der Waals surface area contributed by atoms with Gasteiger partial charge in [-0.1, -0.05) is 60.7 Å². The van der Waals surface area contributed by atoms with Gasteiger partial charge in [-0.2, -0.15) is 0 Å². The molecule has 1 fully saturated rings. The third kappa shape index (κ3) is 4.63. The summed E-state index contributed by atoms with van der Waals surface area (Å²) < 4.78 is 0. The maximum absolute atomic E-state index is 12.6. The highest BCUT2D eigenvalue weighted by Gasteiger charge is 2.31. The molecule has 1 atom stereocenters. The standard InChI is InChI=1S/C21H24N2O3/c24-20-19(11-13-22(20)15-17-7-3-1-4-8-17)12-14-23(21(25)26)16-18-9-5-2-6-10-18/h1-10,19H,11-16H2,(H,25,26)/t19-/m0/s1. The van der Waals surface area contributed by atoms with Crippen LogP contribution in [0.1, 0.15) is 24.0 Å². The van der Waals surface area contributed by atoms with Gasteiger partial charge in [0.25, 0.3) is 0 Å². The number of hydrogen-bond acceptors (Lipinski definition) is 2. The number of carbonyl (C=O) groups excluding carboxylic acids is 1. The Hall–Kier alpha value is -2.82. The van der Waals surface area contributed by atoms with Crippen molar-refractivity contribution in [2.75, 3.05) is 13.1 Å². The smallest absolute Gasteiger partial charge is 0.407 e. The Balaban J connectivity index is 1.53. The van der Waals surface area contributed by atoms with E-state index in [0.29, 0.717) is 26.1 Å². The van der Waals surface area contributed by atoms with Crippen LogP contribution in [0.2, 0.25) is 0 Å². The first kappa shape index (κ1) is 18.0.